The molecular formula is C31H40ClN2O4S-. The number of carbonyl (C=O) groups is 1. The van der Waals surface area contributed by atoms with E-state index in [1.54, 1.807) is 13.2 Å². The van der Waals surface area contributed by atoms with Crippen LogP contribution in [0.2, 0.25) is 5.02 Å². The Balaban J connectivity index is 1.83. The molecule has 0 aromatic heterocycles. The van der Waals surface area contributed by atoms with E-state index in [4.69, 9.17) is 21.1 Å². The molecule has 2 heterocycles. The molecule has 2 aromatic carbocycles. The van der Waals surface area contributed by atoms with Crippen LogP contribution in [-0.4, -0.2) is 38.0 Å². The molecule has 1 amide bonds. The van der Waals surface area contributed by atoms with Crippen molar-refractivity contribution in [3.05, 3.63) is 70.3 Å². The predicted molar refractivity (Wildman–Crippen MR) is 159 cm³/mol. The Hall–Kier alpha value is -2.35. The SMILES string of the molecule is CC[C@@H]1C[C@@H](OC)/C=C/C[C@H](C)C[S-](=O)=NC(=O)c2ccc3c(c2)N(Cc2ccc(Cl)cc2CCCCO3)C1. The van der Waals surface area contributed by atoms with Gasteiger partial charge in [-0.25, -0.2) is 0 Å². The molecule has 0 saturated heterocycles. The second-order valence-electron chi connectivity index (χ2n) is 10.7. The van der Waals surface area contributed by atoms with Gasteiger partial charge >= 0.3 is 0 Å². The Morgan fingerprint density at radius 3 is 2.82 bits per heavy atom. The molecular weight excluding hydrogens is 532 g/mol. The molecule has 2 aliphatic rings. The molecule has 2 aromatic rings. The highest BCUT2D eigenvalue weighted by Gasteiger charge is 2.23. The fraction of sp³-hybridized carbons (Fsp3) is 0.516. The zero-order chi connectivity index (χ0) is 27.8. The maximum absolute atomic E-state index is 13.1. The smallest absolute Gasteiger partial charge is 0.254 e. The zero-order valence-electron chi connectivity index (χ0n) is 23.2. The first-order valence-electron chi connectivity index (χ1n) is 14.0. The van der Waals surface area contributed by atoms with E-state index in [1.807, 2.05) is 25.1 Å². The average molecular weight is 572 g/mol. The number of amides is 1. The lowest BCUT2D eigenvalue weighted by Crippen LogP contribution is -2.31. The van der Waals surface area contributed by atoms with Crippen molar-refractivity contribution in [1.82, 2.24) is 0 Å². The Labute approximate surface area is 239 Å². The van der Waals surface area contributed by atoms with Crippen LogP contribution in [0.3, 0.4) is 0 Å². The summed E-state index contributed by atoms with van der Waals surface area (Å²) in [6.07, 6.45) is 9.68. The molecule has 0 fully saturated rings. The Morgan fingerprint density at radius 1 is 1.18 bits per heavy atom. The minimum absolute atomic E-state index is 0.0103. The van der Waals surface area contributed by atoms with E-state index in [0.717, 1.165) is 61.5 Å². The summed E-state index contributed by atoms with van der Waals surface area (Å²) in [5.74, 6) is 1.10. The number of rotatable bonds is 2. The third-order valence-electron chi connectivity index (χ3n) is 7.60. The predicted octanol–water partition coefficient (Wildman–Crippen LogP) is 7.38. The summed E-state index contributed by atoms with van der Waals surface area (Å²) in [6, 6.07) is 11.6. The number of anilines is 1. The van der Waals surface area contributed by atoms with Gasteiger partial charge in [-0.1, -0.05) is 61.8 Å². The molecule has 0 saturated carbocycles. The van der Waals surface area contributed by atoms with Crippen LogP contribution in [0, 0.1) is 11.8 Å². The van der Waals surface area contributed by atoms with Gasteiger partial charge in [0.05, 0.1) is 18.4 Å². The molecule has 2 aliphatic heterocycles. The summed E-state index contributed by atoms with van der Waals surface area (Å²) in [5, 5.41) is 0.742. The largest absolute Gasteiger partial charge is 0.491 e. The Morgan fingerprint density at radius 2 is 2.03 bits per heavy atom. The number of halogens is 1. The van der Waals surface area contributed by atoms with Crippen molar-refractivity contribution in [2.24, 2.45) is 16.2 Å². The fourth-order valence-corrected chi connectivity index (χ4v) is 6.46. The zero-order valence-corrected chi connectivity index (χ0v) is 24.8. The van der Waals surface area contributed by atoms with Crippen LogP contribution in [0.15, 0.2) is 52.9 Å². The van der Waals surface area contributed by atoms with E-state index in [0.29, 0.717) is 30.4 Å². The van der Waals surface area contributed by atoms with Gasteiger partial charge in [0, 0.05) is 30.8 Å². The Bertz CT molecular complexity index is 1260. The molecule has 0 N–H and O–H groups in total. The molecule has 6 nitrogen and oxygen atoms in total. The molecule has 0 unspecified atom stereocenters. The first kappa shape index (κ1) is 29.6. The van der Waals surface area contributed by atoms with E-state index < -0.39 is 16.5 Å². The number of aryl methyl sites for hydroxylation is 1. The monoisotopic (exact) mass is 571 g/mol. The van der Waals surface area contributed by atoms with Crippen LogP contribution >= 0.6 is 11.6 Å². The van der Waals surface area contributed by atoms with Crippen LogP contribution in [0.4, 0.5) is 5.69 Å². The van der Waals surface area contributed by atoms with E-state index >= 15 is 0 Å². The van der Waals surface area contributed by atoms with Crippen molar-refractivity contribution < 1.29 is 18.5 Å². The summed E-state index contributed by atoms with van der Waals surface area (Å²) in [5.41, 5.74) is 3.74. The maximum Gasteiger partial charge on any atom is 0.254 e. The number of hydrogen-bond acceptors (Lipinski definition) is 6. The van der Waals surface area contributed by atoms with Crippen molar-refractivity contribution in [3.8, 4) is 5.75 Å². The van der Waals surface area contributed by atoms with Gasteiger partial charge in [-0.3, -0.25) is 4.79 Å². The highest BCUT2D eigenvalue weighted by atomic mass is 35.5. The standard InChI is InChI=1S/C31H40ClN2O4S/c1-4-23-16-28(37-3)10-7-8-22(2)21-39(36)33-31(35)25-12-14-30-29(18-25)34(19-23)20-26-11-13-27(32)17-24(26)9-5-6-15-38-30/h7,10-14,17-18,22-23,28H,4-6,8-9,15-16,19-21H2,1-3H3/q-1/b10-7+/t22-,23+,28-/m0/s1. The molecule has 0 spiro atoms. The summed E-state index contributed by atoms with van der Waals surface area (Å²) in [4.78, 5) is 15.4. The Kier molecular flexibility index (Phi) is 10.9. The maximum atomic E-state index is 13.1. The minimum Gasteiger partial charge on any atom is -0.491 e. The number of methoxy groups -OCH3 is 1. The van der Waals surface area contributed by atoms with E-state index in [2.05, 4.69) is 40.5 Å². The van der Waals surface area contributed by atoms with Gasteiger partial charge in [0.1, 0.15) is 5.75 Å². The summed E-state index contributed by atoms with van der Waals surface area (Å²) >= 11 is 6.39. The number of ether oxygens (including phenoxy) is 2. The minimum atomic E-state index is -1.59. The van der Waals surface area contributed by atoms with Gasteiger partial charge in [0.15, 0.2) is 0 Å². The molecule has 0 radical (unpaired) electrons. The van der Waals surface area contributed by atoms with E-state index in [-0.39, 0.29) is 12.0 Å². The lowest BCUT2D eigenvalue weighted by atomic mass is 9.95. The first-order chi connectivity index (χ1) is 18.9. The third-order valence-corrected chi connectivity index (χ3v) is 9.06. The summed E-state index contributed by atoms with van der Waals surface area (Å²) in [6.45, 7) is 6.25. The lowest BCUT2D eigenvalue weighted by molar-refractivity contribution is 0.100. The average Bonchev–Trinajstić information content (AvgIpc) is 2.94. The quantitative estimate of drug-likeness (QED) is 0.278. The van der Waals surface area contributed by atoms with Gasteiger partial charge in [-0.2, -0.15) is 10.6 Å². The topological polar surface area (TPSA) is 68.2 Å². The van der Waals surface area contributed by atoms with Gasteiger partial charge in [0.25, 0.3) is 5.91 Å². The van der Waals surface area contributed by atoms with Crippen molar-refractivity contribution in [2.45, 2.75) is 65.0 Å². The number of nitrogens with zero attached hydrogens (tertiary/aromatic N) is 2. The van der Waals surface area contributed by atoms with Gasteiger partial charge in [-0.15, -0.1) is 0 Å². The second-order valence-corrected chi connectivity index (χ2v) is 12.3. The van der Waals surface area contributed by atoms with Crippen LogP contribution in [-0.2, 0) is 32.5 Å². The van der Waals surface area contributed by atoms with Crippen molar-refractivity contribution in [3.63, 3.8) is 0 Å². The number of hydrogen-bond donors (Lipinski definition) is 0. The molecule has 3 atom stereocenters. The third kappa shape index (κ3) is 8.32. The van der Waals surface area contributed by atoms with Crippen molar-refractivity contribution in [2.75, 3.05) is 30.9 Å². The van der Waals surface area contributed by atoms with Crippen LogP contribution in [0.1, 0.15) is 67.4 Å². The van der Waals surface area contributed by atoms with Gasteiger partial charge in [-0.05, 0) is 79.5 Å². The fourth-order valence-electron chi connectivity index (χ4n) is 5.27. The van der Waals surface area contributed by atoms with Crippen LogP contribution < -0.4 is 9.64 Å². The van der Waals surface area contributed by atoms with Crippen molar-refractivity contribution >= 4 is 33.8 Å². The van der Waals surface area contributed by atoms with E-state index in [1.165, 1.54) is 11.1 Å². The van der Waals surface area contributed by atoms with Crippen molar-refractivity contribution in [1.29, 1.82) is 0 Å². The van der Waals surface area contributed by atoms with E-state index in [9.17, 15) is 9.00 Å². The number of carbonyl (C=O) groups excluding carboxylic acids is 1. The van der Waals surface area contributed by atoms with Gasteiger partial charge < -0.3 is 22.9 Å². The first-order valence-corrected chi connectivity index (χ1v) is 15.6. The number of fused-ring (bicyclic) bond motifs is 2. The van der Waals surface area contributed by atoms with Crippen LogP contribution in [0.25, 0.3) is 0 Å². The van der Waals surface area contributed by atoms with Crippen LogP contribution in [0.5, 0.6) is 5.75 Å². The molecule has 2 bridgehead atoms. The molecule has 4 rings (SSSR count). The highest BCUT2D eigenvalue weighted by molar-refractivity contribution is 7.75. The van der Waals surface area contributed by atoms with Gasteiger partial charge in [0.2, 0.25) is 0 Å². The summed E-state index contributed by atoms with van der Waals surface area (Å²) < 4.78 is 28.9. The molecule has 8 heteroatoms. The number of allylic oxidation sites excluding steroid dienone is 1. The molecule has 0 aliphatic carbocycles. The second kappa shape index (κ2) is 14.3. The molecule has 39 heavy (non-hydrogen) atoms. The summed E-state index contributed by atoms with van der Waals surface area (Å²) in [7, 11) is 0.161. The lowest BCUT2D eigenvalue weighted by Gasteiger charge is -2.32. The normalized spacial score (nSPS) is 24.6. The number of benzene rings is 2. The molecule has 212 valence electrons. The highest BCUT2D eigenvalue weighted by Crippen LogP contribution is 2.35.